The van der Waals surface area contributed by atoms with E-state index in [0.717, 1.165) is 11.3 Å². The molecule has 0 aliphatic heterocycles. The molecule has 0 aliphatic rings. The molecule has 1 atom stereocenters. The van der Waals surface area contributed by atoms with Gasteiger partial charge in [0.1, 0.15) is 5.75 Å². The number of tetrazole rings is 1. The molecule has 1 aromatic heterocycles. The van der Waals surface area contributed by atoms with E-state index < -0.39 is 0 Å². The van der Waals surface area contributed by atoms with Gasteiger partial charge >= 0.3 is 0 Å². The van der Waals surface area contributed by atoms with Crippen LogP contribution in [0.4, 0.5) is 0 Å². The van der Waals surface area contributed by atoms with Gasteiger partial charge in [0.25, 0.3) is 0 Å². The molecule has 6 nitrogen and oxygen atoms in total. The number of ether oxygens (including phenoxy) is 1. The van der Waals surface area contributed by atoms with Crippen LogP contribution >= 0.6 is 0 Å². The maximum Gasteiger partial charge on any atom is 0.191 e. The Balaban J connectivity index is 2.03. The molecular weight excluding hydrogens is 230 g/mol. The fraction of sp³-hybridized carbons (Fsp3) is 0.417. The van der Waals surface area contributed by atoms with Gasteiger partial charge in [0.15, 0.2) is 5.82 Å². The van der Waals surface area contributed by atoms with Gasteiger partial charge in [-0.1, -0.05) is 22.9 Å². The Hall–Kier alpha value is -1.95. The molecule has 1 aromatic carbocycles. The van der Waals surface area contributed by atoms with Crippen molar-refractivity contribution in [2.24, 2.45) is 0 Å². The summed E-state index contributed by atoms with van der Waals surface area (Å²) in [7, 11) is 1.68. The fourth-order valence-electron chi connectivity index (χ4n) is 1.75. The van der Waals surface area contributed by atoms with E-state index in [1.54, 1.807) is 7.11 Å². The maximum atomic E-state index is 5.33. The van der Waals surface area contributed by atoms with Crippen LogP contribution in [-0.4, -0.2) is 27.7 Å². The van der Waals surface area contributed by atoms with E-state index in [0.29, 0.717) is 12.4 Å². The lowest BCUT2D eigenvalue weighted by Crippen LogP contribution is -2.19. The number of nitrogens with one attached hydrogen (secondary N) is 2. The van der Waals surface area contributed by atoms with Crippen molar-refractivity contribution < 1.29 is 4.74 Å². The van der Waals surface area contributed by atoms with Crippen LogP contribution in [0, 0.1) is 6.92 Å². The molecule has 2 N–H and O–H groups in total. The smallest absolute Gasteiger partial charge is 0.191 e. The highest BCUT2D eigenvalue weighted by atomic mass is 16.5. The lowest BCUT2D eigenvalue weighted by atomic mass is 10.1. The Labute approximate surface area is 106 Å². The molecule has 0 amide bonds. The molecule has 0 spiro atoms. The molecule has 1 unspecified atom stereocenters. The fourth-order valence-corrected chi connectivity index (χ4v) is 1.75. The van der Waals surface area contributed by atoms with Gasteiger partial charge in [0, 0.05) is 12.1 Å². The number of aromatic nitrogens is 4. The highest BCUT2D eigenvalue weighted by Crippen LogP contribution is 2.20. The molecule has 18 heavy (non-hydrogen) atoms. The summed E-state index contributed by atoms with van der Waals surface area (Å²) in [6, 6.07) is 6.15. The summed E-state index contributed by atoms with van der Waals surface area (Å²) >= 11 is 0. The zero-order valence-electron chi connectivity index (χ0n) is 10.8. The molecule has 1 heterocycles. The minimum Gasteiger partial charge on any atom is -0.496 e. The van der Waals surface area contributed by atoms with Gasteiger partial charge < -0.3 is 10.1 Å². The van der Waals surface area contributed by atoms with Crippen molar-refractivity contribution in [2.75, 3.05) is 7.11 Å². The topological polar surface area (TPSA) is 75.7 Å². The number of hydrogen-bond acceptors (Lipinski definition) is 5. The number of hydrogen-bond donors (Lipinski definition) is 2. The summed E-state index contributed by atoms with van der Waals surface area (Å²) in [4.78, 5) is 0. The molecule has 0 aliphatic carbocycles. The van der Waals surface area contributed by atoms with Crippen LogP contribution in [0.5, 0.6) is 5.75 Å². The first-order valence-corrected chi connectivity index (χ1v) is 5.81. The first kappa shape index (κ1) is 12.5. The number of rotatable bonds is 5. The number of methoxy groups -OCH3 is 1. The van der Waals surface area contributed by atoms with Crippen molar-refractivity contribution in [1.82, 2.24) is 25.9 Å². The Morgan fingerprint density at radius 3 is 2.94 bits per heavy atom. The van der Waals surface area contributed by atoms with Crippen LogP contribution in [0.2, 0.25) is 0 Å². The highest BCUT2D eigenvalue weighted by Gasteiger charge is 2.11. The normalized spacial score (nSPS) is 12.4. The summed E-state index contributed by atoms with van der Waals surface area (Å²) < 4.78 is 5.33. The average Bonchev–Trinajstić information content (AvgIpc) is 2.90. The monoisotopic (exact) mass is 247 g/mol. The SMILES string of the molecule is COc1ccc(C)cc1CNC(C)c1nn[nH]n1. The lowest BCUT2D eigenvalue weighted by Gasteiger charge is -2.13. The van der Waals surface area contributed by atoms with E-state index in [-0.39, 0.29) is 6.04 Å². The van der Waals surface area contributed by atoms with Crippen LogP contribution in [0.15, 0.2) is 18.2 Å². The summed E-state index contributed by atoms with van der Waals surface area (Å²) in [6.07, 6.45) is 0. The standard InChI is InChI=1S/C12H17N5O/c1-8-4-5-11(18-3)10(6-8)7-13-9(2)12-14-16-17-15-12/h4-6,9,13H,7H2,1-3H3,(H,14,15,16,17). The maximum absolute atomic E-state index is 5.33. The Morgan fingerprint density at radius 1 is 1.44 bits per heavy atom. The molecule has 96 valence electrons. The van der Waals surface area contributed by atoms with Crippen molar-refractivity contribution in [3.63, 3.8) is 0 Å². The minimum absolute atomic E-state index is 0.0361. The molecule has 0 fully saturated rings. The molecule has 0 radical (unpaired) electrons. The predicted molar refractivity (Wildman–Crippen MR) is 67.2 cm³/mol. The van der Waals surface area contributed by atoms with E-state index in [2.05, 4.69) is 38.9 Å². The van der Waals surface area contributed by atoms with Crippen LogP contribution in [-0.2, 0) is 6.54 Å². The lowest BCUT2D eigenvalue weighted by molar-refractivity contribution is 0.405. The van der Waals surface area contributed by atoms with Crippen molar-refractivity contribution in [2.45, 2.75) is 26.4 Å². The summed E-state index contributed by atoms with van der Waals surface area (Å²) in [5.74, 6) is 1.54. The first-order chi connectivity index (χ1) is 8.70. The Morgan fingerprint density at radius 2 is 2.28 bits per heavy atom. The quantitative estimate of drug-likeness (QED) is 0.834. The molecule has 0 saturated carbocycles. The molecular formula is C12H17N5O. The van der Waals surface area contributed by atoms with Crippen molar-refractivity contribution in [3.05, 3.63) is 35.2 Å². The van der Waals surface area contributed by atoms with Crippen molar-refractivity contribution in [1.29, 1.82) is 0 Å². The number of nitrogens with zero attached hydrogens (tertiary/aromatic N) is 3. The second-order valence-corrected chi connectivity index (χ2v) is 4.19. The van der Waals surface area contributed by atoms with E-state index >= 15 is 0 Å². The number of aromatic amines is 1. The predicted octanol–water partition coefficient (Wildman–Crippen LogP) is 1.37. The first-order valence-electron chi connectivity index (χ1n) is 5.81. The largest absolute Gasteiger partial charge is 0.496 e. The third-order valence-electron chi connectivity index (χ3n) is 2.78. The highest BCUT2D eigenvalue weighted by molar-refractivity contribution is 5.36. The van der Waals surface area contributed by atoms with Gasteiger partial charge in [-0.25, -0.2) is 0 Å². The number of benzene rings is 1. The number of aryl methyl sites for hydroxylation is 1. The van der Waals surface area contributed by atoms with Gasteiger partial charge in [-0.05, 0) is 19.9 Å². The van der Waals surface area contributed by atoms with Gasteiger partial charge in [0.05, 0.1) is 13.2 Å². The van der Waals surface area contributed by atoms with Gasteiger partial charge in [0.2, 0.25) is 0 Å². The Bertz CT molecular complexity index is 497. The van der Waals surface area contributed by atoms with Gasteiger partial charge in [-0.2, -0.15) is 5.21 Å². The third-order valence-corrected chi connectivity index (χ3v) is 2.78. The van der Waals surface area contributed by atoms with Gasteiger partial charge in [-0.3, -0.25) is 0 Å². The summed E-state index contributed by atoms with van der Waals surface area (Å²) in [5.41, 5.74) is 2.33. The van der Waals surface area contributed by atoms with Crippen LogP contribution in [0.1, 0.15) is 29.9 Å². The second-order valence-electron chi connectivity index (χ2n) is 4.19. The van der Waals surface area contributed by atoms with E-state index in [1.807, 2.05) is 19.1 Å². The molecule has 6 heteroatoms. The third kappa shape index (κ3) is 2.84. The molecule has 0 bridgehead atoms. The number of H-pyrrole nitrogens is 1. The molecule has 0 saturated heterocycles. The van der Waals surface area contributed by atoms with Crippen LogP contribution in [0.25, 0.3) is 0 Å². The van der Waals surface area contributed by atoms with Crippen LogP contribution in [0.3, 0.4) is 0 Å². The Kier molecular flexibility index (Phi) is 3.88. The minimum atomic E-state index is 0.0361. The van der Waals surface area contributed by atoms with Crippen molar-refractivity contribution in [3.8, 4) is 5.75 Å². The molecule has 2 aromatic rings. The average molecular weight is 247 g/mol. The van der Waals surface area contributed by atoms with Crippen molar-refractivity contribution >= 4 is 0 Å². The van der Waals surface area contributed by atoms with E-state index in [4.69, 9.17) is 4.74 Å². The van der Waals surface area contributed by atoms with Gasteiger partial charge in [-0.15, -0.1) is 10.2 Å². The zero-order valence-corrected chi connectivity index (χ0v) is 10.8. The molecule has 2 rings (SSSR count). The zero-order chi connectivity index (χ0) is 13.0. The van der Waals surface area contributed by atoms with Crippen LogP contribution < -0.4 is 10.1 Å². The summed E-state index contributed by atoms with van der Waals surface area (Å²) in [6.45, 7) is 4.75. The summed E-state index contributed by atoms with van der Waals surface area (Å²) in [5, 5.41) is 17.2. The van der Waals surface area contributed by atoms with E-state index in [9.17, 15) is 0 Å². The van der Waals surface area contributed by atoms with E-state index in [1.165, 1.54) is 5.56 Å². The second kappa shape index (κ2) is 5.59.